The lowest BCUT2D eigenvalue weighted by molar-refractivity contribution is -0.140. The maximum absolute atomic E-state index is 12.6. The molecule has 6 heteroatoms. The third-order valence-electron chi connectivity index (χ3n) is 4.16. The Balaban J connectivity index is 2.06. The molecule has 0 fully saturated rings. The van der Waals surface area contributed by atoms with Crippen LogP contribution in [0.2, 0.25) is 0 Å². The second-order valence-corrected chi connectivity index (χ2v) is 6.09. The molecule has 0 bridgehead atoms. The number of furan rings is 1. The summed E-state index contributed by atoms with van der Waals surface area (Å²) in [4.78, 5) is 26.7. The van der Waals surface area contributed by atoms with Crippen LogP contribution in [0.1, 0.15) is 38.0 Å². The van der Waals surface area contributed by atoms with Crippen molar-refractivity contribution in [3.63, 3.8) is 0 Å². The van der Waals surface area contributed by atoms with Crippen molar-refractivity contribution < 1.29 is 18.7 Å². The zero-order valence-electron chi connectivity index (χ0n) is 15.5. The number of ether oxygens (including phenoxy) is 1. The molecule has 0 saturated carbocycles. The lowest BCUT2D eigenvalue weighted by Gasteiger charge is -2.28. The van der Waals surface area contributed by atoms with E-state index in [9.17, 15) is 9.59 Å². The van der Waals surface area contributed by atoms with Gasteiger partial charge in [0.25, 0.3) is 0 Å². The fraction of sp³-hybridized carbons (Fsp3) is 0.400. The van der Waals surface area contributed by atoms with Gasteiger partial charge in [-0.1, -0.05) is 19.1 Å². The van der Waals surface area contributed by atoms with E-state index in [0.29, 0.717) is 25.3 Å². The van der Waals surface area contributed by atoms with Crippen molar-refractivity contribution in [2.24, 2.45) is 0 Å². The Hall–Kier alpha value is -2.76. The summed E-state index contributed by atoms with van der Waals surface area (Å²) in [6.45, 7) is 4.37. The number of methoxy groups -OCH3 is 1. The Morgan fingerprint density at radius 3 is 2.54 bits per heavy atom. The Kier molecular flexibility index (Phi) is 7.26. The summed E-state index contributed by atoms with van der Waals surface area (Å²) in [7, 11) is 1.61. The minimum absolute atomic E-state index is 0.0380. The summed E-state index contributed by atoms with van der Waals surface area (Å²) in [5.74, 6) is 1.18. The number of carbonyl (C=O) groups excluding carboxylic acids is 2. The fourth-order valence-corrected chi connectivity index (χ4v) is 2.60. The molecular weight excluding hydrogens is 332 g/mol. The number of amides is 2. The van der Waals surface area contributed by atoms with Crippen LogP contribution in [0.4, 0.5) is 0 Å². The van der Waals surface area contributed by atoms with Crippen LogP contribution >= 0.6 is 0 Å². The maximum Gasteiger partial charge on any atom is 0.242 e. The lowest BCUT2D eigenvalue weighted by Crippen LogP contribution is -2.47. The van der Waals surface area contributed by atoms with Gasteiger partial charge in [0.2, 0.25) is 11.8 Å². The van der Waals surface area contributed by atoms with E-state index < -0.39 is 6.04 Å². The molecule has 1 aromatic heterocycles. The van der Waals surface area contributed by atoms with Gasteiger partial charge in [-0.2, -0.15) is 0 Å². The van der Waals surface area contributed by atoms with Gasteiger partial charge in [0.15, 0.2) is 0 Å². The summed E-state index contributed by atoms with van der Waals surface area (Å²) >= 11 is 0. The van der Waals surface area contributed by atoms with Crippen LogP contribution in [-0.2, 0) is 22.7 Å². The third-order valence-corrected chi connectivity index (χ3v) is 4.16. The monoisotopic (exact) mass is 358 g/mol. The van der Waals surface area contributed by atoms with Crippen LogP contribution in [0.5, 0.6) is 5.75 Å². The smallest absolute Gasteiger partial charge is 0.242 e. The van der Waals surface area contributed by atoms with E-state index in [-0.39, 0.29) is 11.8 Å². The van der Waals surface area contributed by atoms with E-state index in [0.717, 1.165) is 17.7 Å². The summed E-state index contributed by atoms with van der Waals surface area (Å²) < 4.78 is 10.4. The minimum atomic E-state index is -0.578. The van der Waals surface area contributed by atoms with Gasteiger partial charge in [-0.15, -0.1) is 0 Å². The number of carbonyl (C=O) groups is 2. The molecule has 0 aliphatic rings. The van der Waals surface area contributed by atoms with Crippen LogP contribution in [0.15, 0.2) is 47.1 Å². The van der Waals surface area contributed by atoms with Crippen LogP contribution in [0.3, 0.4) is 0 Å². The van der Waals surface area contributed by atoms with E-state index in [4.69, 9.17) is 9.15 Å². The zero-order chi connectivity index (χ0) is 18.9. The van der Waals surface area contributed by atoms with Gasteiger partial charge in [-0.05, 0) is 43.2 Å². The van der Waals surface area contributed by atoms with Crippen molar-refractivity contribution in [2.45, 2.75) is 45.8 Å². The normalized spacial score (nSPS) is 11.7. The summed E-state index contributed by atoms with van der Waals surface area (Å²) in [5.41, 5.74) is 0.945. The Morgan fingerprint density at radius 1 is 1.23 bits per heavy atom. The number of nitrogens with zero attached hydrogens (tertiary/aromatic N) is 1. The molecule has 26 heavy (non-hydrogen) atoms. The molecule has 1 atom stereocenters. The predicted molar refractivity (Wildman–Crippen MR) is 98.5 cm³/mol. The molecule has 0 aliphatic heterocycles. The average molecular weight is 358 g/mol. The maximum atomic E-state index is 12.6. The first-order valence-electron chi connectivity index (χ1n) is 8.77. The Morgan fingerprint density at radius 2 is 1.96 bits per heavy atom. The first-order valence-corrected chi connectivity index (χ1v) is 8.77. The second-order valence-electron chi connectivity index (χ2n) is 6.09. The van der Waals surface area contributed by atoms with Gasteiger partial charge >= 0.3 is 0 Å². The van der Waals surface area contributed by atoms with Crippen LogP contribution in [0.25, 0.3) is 0 Å². The molecule has 1 N–H and O–H groups in total. The molecule has 0 radical (unpaired) electrons. The van der Waals surface area contributed by atoms with Crippen LogP contribution in [0, 0.1) is 0 Å². The summed E-state index contributed by atoms with van der Waals surface area (Å²) in [5, 5.41) is 2.82. The standard InChI is InChI=1S/C20H26N2O4/c1-4-6-19(23)22(14-16-8-10-17(25-3)11-9-16)15(2)20(24)21-13-18-7-5-12-26-18/h5,7-12,15H,4,6,13-14H2,1-3H3,(H,21,24). The number of benzene rings is 1. The topological polar surface area (TPSA) is 71.8 Å². The van der Waals surface area contributed by atoms with Gasteiger partial charge in [-0.25, -0.2) is 0 Å². The summed E-state index contributed by atoms with van der Waals surface area (Å²) in [6.07, 6.45) is 2.70. The van der Waals surface area contributed by atoms with Crippen LogP contribution in [-0.4, -0.2) is 29.9 Å². The molecule has 1 heterocycles. The van der Waals surface area contributed by atoms with Crippen molar-refractivity contribution in [1.29, 1.82) is 0 Å². The molecule has 0 spiro atoms. The van der Waals surface area contributed by atoms with E-state index in [2.05, 4.69) is 5.32 Å². The number of nitrogens with one attached hydrogen (secondary N) is 1. The lowest BCUT2D eigenvalue weighted by atomic mass is 10.1. The molecule has 6 nitrogen and oxygen atoms in total. The van der Waals surface area contributed by atoms with E-state index in [1.807, 2.05) is 31.2 Å². The Bertz CT molecular complexity index is 695. The first kappa shape index (κ1) is 19.6. The summed E-state index contributed by atoms with van der Waals surface area (Å²) in [6, 6.07) is 10.5. The molecule has 0 aliphatic carbocycles. The van der Waals surface area contributed by atoms with Crippen molar-refractivity contribution in [1.82, 2.24) is 10.2 Å². The molecule has 2 aromatic rings. The van der Waals surface area contributed by atoms with Gasteiger partial charge in [0, 0.05) is 13.0 Å². The van der Waals surface area contributed by atoms with Gasteiger partial charge in [-0.3, -0.25) is 9.59 Å². The van der Waals surface area contributed by atoms with E-state index >= 15 is 0 Å². The van der Waals surface area contributed by atoms with Gasteiger partial charge < -0.3 is 19.4 Å². The van der Waals surface area contributed by atoms with Crippen molar-refractivity contribution in [2.75, 3.05) is 7.11 Å². The molecule has 2 amide bonds. The van der Waals surface area contributed by atoms with Crippen molar-refractivity contribution >= 4 is 11.8 Å². The molecule has 1 unspecified atom stereocenters. The number of rotatable bonds is 9. The molecule has 0 saturated heterocycles. The second kappa shape index (κ2) is 9.65. The number of hydrogen-bond acceptors (Lipinski definition) is 4. The molecular formula is C20H26N2O4. The fourth-order valence-electron chi connectivity index (χ4n) is 2.60. The zero-order valence-corrected chi connectivity index (χ0v) is 15.5. The van der Waals surface area contributed by atoms with Crippen molar-refractivity contribution in [3.05, 3.63) is 54.0 Å². The highest BCUT2D eigenvalue weighted by atomic mass is 16.5. The van der Waals surface area contributed by atoms with E-state index in [1.54, 1.807) is 37.3 Å². The first-order chi connectivity index (χ1) is 12.5. The SMILES string of the molecule is CCCC(=O)N(Cc1ccc(OC)cc1)C(C)C(=O)NCc1ccco1. The Labute approximate surface area is 154 Å². The van der Waals surface area contributed by atoms with Gasteiger partial charge in [0.05, 0.1) is 19.9 Å². The predicted octanol–water partition coefficient (Wildman–Crippen LogP) is 3.12. The number of hydrogen-bond donors (Lipinski definition) is 1. The van der Waals surface area contributed by atoms with Gasteiger partial charge in [0.1, 0.15) is 17.6 Å². The van der Waals surface area contributed by atoms with E-state index in [1.165, 1.54) is 0 Å². The minimum Gasteiger partial charge on any atom is -0.497 e. The third kappa shape index (κ3) is 5.37. The molecule has 140 valence electrons. The van der Waals surface area contributed by atoms with Crippen molar-refractivity contribution in [3.8, 4) is 5.75 Å². The quantitative estimate of drug-likeness (QED) is 0.747. The largest absolute Gasteiger partial charge is 0.497 e. The highest BCUT2D eigenvalue weighted by Gasteiger charge is 2.25. The average Bonchev–Trinajstić information content (AvgIpc) is 3.18. The highest BCUT2D eigenvalue weighted by Crippen LogP contribution is 2.16. The molecule has 1 aromatic carbocycles. The van der Waals surface area contributed by atoms with Crippen LogP contribution < -0.4 is 10.1 Å². The highest BCUT2D eigenvalue weighted by molar-refractivity contribution is 5.87. The molecule has 2 rings (SSSR count).